The number of ether oxygens (including phenoxy) is 2. The van der Waals surface area contributed by atoms with E-state index in [0.717, 1.165) is 0 Å². The molecule has 6 heteroatoms. The summed E-state index contributed by atoms with van der Waals surface area (Å²) in [6.45, 7) is 10.9. The Morgan fingerprint density at radius 3 is 1.75 bits per heavy atom. The highest BCUT2D eigenvalue weighted by Crippen LogP contribution is 2.44. The molecule has 1 aromatic rings. The minimum Gasteiger partial charge on any atom is -0.460 e. The molecular formula is C22H28ClNO4. The van der Waals surface area contributed by atoms with Crippen LogP contribution in [-0.2, 0) is 19.1 Å². The molecule has 1 aliphatic heterocycles. The van der Waals surface area contributed by atoms with Gasteiger partial charge >= 0.3 is 11.9 Å². The highest BCUT2D eigenvalue weighted by molar-refractivity contribution is 6.31. The molecule has 0 radical (unpaired) electrons. The molecule has 0 atom stereocenters. The molecule has 0 spiro atoms. The summed E-state index contributed by atoms with van der Waals surface area (Å²) in [5.41, 5.74) is 2.89. The van der Waals surface area contributed by atoms with Gasteiger partial charge in [0, 0.05) is 23.5 Å². The second-order valence-electron chi connectivity index (χ2n) is 7.42. The third-order valence-electron chi connectivity index (χ3n) is 4.70. The van der Waals surface area contributed by atoms with Crippen LogP contribution >= 0.6 is 11.6 Å². The molecule has 0 N–H and O–H groups in total. The van der Waals surface area contributed by atoms with Crippen molar-refractivity contribution < 1.29 is 19.1 Å². The number of hydrogen-bond acceptors (Lipinski definition) is 5. The fourth-order valence-corrected chi connectivity index (χ4v) is 3.53. The molecular weight excluding hydrogens is 378 g/mol. The van der Waals surface area contributed by atoms with Gasteiger partial charge in [-0.05, 0) is 53.2 Å². The topological polar surface area (TPSA) is 55.8 Å². The fourth-order valence-electron chi connectivity index (χ4n) is 3.28. The zero-order chi connectivity index (χ0) is 21.2. The monoisotopic (exact) mass is 405 g/mol. The molecule has 5 nitrogen and oxygen atoms in total. The Bertz CT molecular complexity index is 793. The van der Waals surface area contributed by atoms with Crippen LogP contribution in [0.15, 0.2) is 46.8 Å². The molecule has 0 unspecified atom stereocenters. The molecule has 0 saturated heterocycles. The van der Waals surface area contributed by atoms with Gasteiger partial charge in [-0.3, -0.25) is 0 Å². The van der Waals surface area contributed by atoms with Gasteiger partial charge in [-0.1, -0.05) is 29.8 Å². The first-order chi connectivity index (χ1) is 13.1. The van der Waals surface area contributed by atoms with E-state index in [9.17, 15) is 9.59 Å². The summed E-state index contributed by atoms with van der Waals surface area (Å²) in [7, 11) is 1.82. The van der Waals surface area contributed by atoms with Crippen molar-refractivity contribution in [2.45, 2.75) is 59.7 Å². The zero-order valence-corrected chi connectivity index (χ0v) is 18.3. The predicted molar refractivity (Wildman–Crippen MR) is 110 cm³/mol. The van der Waals surface area contributed by atoms with Crippen LogP contribution in [0.2, 0.25) is 5.02 Å². The summed E-state index contributed by atoms with van der Waals surface area (Å²) in [5.74, 6) is -1.60. The first kappa shape index (κ1) is 22.0. The maximum absolute atomic E-state index is 13.0. The normalized spacial score (nSPS) is 15.6. The molecule has 1 heterocycles. The summed E-state index contributed by atoms with van der Waals surface area (Å²) >= 11 is 6.48. The van der Waals surface area contributed by atoms with Gasteiger partial charge in [-0.2, -0.15) is 0 Å². The van der Waals surface area contributed by atoms with Gasteiger partial charge in [-0.25, -0.2) is 9.59 Å². The Balaban J connectivity index is 2.73. The van der Waals surface area contributed by atoms with Crippen LogP contribution in [0.4, 0.5) is 0 Å². The Morgan fingerprint density at radius 2 is 1.36 bits per heavy atom. The fraction of sp³-hybridized carbons (Fsp3) is 0.455. The smallest absolute Gasteiger partial charge is 0.337 e. The Kier molecular flexibility index (Phi) is 6.94. The molecule has 2 rings (SSSR count). The van der Waals surface area contributed by atoms with Crippen molar-refractivity contribution in [1.82, 2.24) is 4.90 Å². The van der Waals surface area contributed by atoms with Crippen molar-refractivity contribution >= 4 is 23.5 Å². The number of esters is 2. The zero-order valence-electron chi connectivity index (χ0n) is 17.5. The number of carbonyl (C=O) groups excluding carboxylic acids is 2. The number of benzene rings is 1. The summed E-state index contributed by atoms with van der Waals surface area (Å²) in [4.78, 5) is 27.9. The van der Waals surface area contributed by atoms with Crippen LogP contribution in [0, 0.1) is 0 Å². The molecule has 0 fully saturated rings. The van der Waals surface area contributed by atoms with Crippen LogP contribution in [-0.4, -0.2) is 36.1 Å². The first-order valence-electron chi connectivity index (χ1n) is 9.37. The molecule has 0 saturated carbocycles. The molecule has 0 aromatic heterocycles. The number of allylic oxidation sites excluding steroid dienone is 2. The average molecular weight is 406 g/mol. The van der Waals surface area contributed by atoms with Gasteiger partial charge < -0.3 is 14.4 Å². The van der Waals surface area contributed by atoms with Crippen LogP contribution in [0.1, 0.15) is 53.0 Å². The summed E-state index contributed by atoms with van der Waals surface area (Å²) in [6.07, 6.45) is -0.578. The third kappa shape index (κ3) is 4.41. The van der Waals surface area contributed by atoms with E-state index in [1.54, 1.807) is 33.8 Å². The highest BCUT2D eigenvalue weighted by Gasteiger charge is 2.40. The minimum atomic E-state index is -0.664. The van der Waals surface area contributed by atoms with Gasteiger partial charge in [0.15, 0.2) is 0 Å². The third-order valence-corrected chi connectivity index (χ3v) is 5.05. The van der Waals surface area contributed by atoms with E-state index in [0.29, 0.717) is 33.1 Å². The van der Waals surface area contributed by atoms with E-state index < -0.39 is 17.9 Å². The van der Waals surface area contributed by atoms with Gasteiger partial charge in [0.2, 0.25) is 0 Å². The molecule has 28 heavy (non-hydrogen) atoms. The second-order valence-corrected chi connectivity index (χ2v) is 7.83. The SMILES string of the molecule is CC1=C(C(=O)OC(C)C)C(c2ccccc2Cl)C(C(=O)OC(C)C)=C(C)N1C. The lowest BCUT2D eigenvalue weighted by Crippen LogP contribution is -2.34. The predicted octanol–water partition coefficient (Wildman–Crippen LogP) is 4.82. The summed E-state index contributed by atoms with van der Waals surface area (Å²) < 4.78 is 11.0. The van der Waals surface area contributed by atoms with Gasteiger partial charge in [0.25, 0.3) is 0 Å². The number of nitrogens with zero attached hydrogens (tertiary/aromatic N) is 1. The van der Waals surface area contributed by atoms with E-state index >= 15 is 0 Å². The number of rotatable bonds is 5. The quantitative estimate of drug-likeness (QED) is 0.657. The van der Waals surface area contributed by atoms with Crippen molar-refractivity contribution in [1.29, 1.82) is 0 Å². The van der Waals surface area contributed by atoms with Crippen molar-refractivity contribution in [3.8, 4) is 0 Å². The van der Waals surface area contributed by atoms with Crippen LogP contribution in [0.3, 0.4) is 0 Å². The van der Waals surface area contributed by atoms with Crippen LogP contribution < -0.4 is 0 Å². The lowest BCUT2D eigenvalue weighted by atomic mass is 9.79. The standard InChI is InChI=1S/C22H28ClNO4/c1-12(2)27-21(25)18-14(5)24(7)15(6)19(22(26)28-13(3)4)20(18)16-10-8-9-11-17(16)23/h8-13,20H,1-7H3. The average Bonchev–Trinajstić information content (AvgIpc) is 2.58. The molecule has 0 amide bonds. The molecule has 0 bridgehead atoms. The van der Waals surface area contributed by atoms with E-state index in [1.165, 1.54) is 0 Å². The Hall–Kier alpha value is -2.27. The van der Waals surface area contributed by atoms with Crippen molar-refractivity contribution in [3.63, 3.8) is 0 Å². The number of hydrogen-bond donors (Lipinski definition) is 0. The largest absolute Gasteiger partial charge is 0.460 e. The maximum atomic E-state index is 13.0. The summed E-state index contributed by atoms with van der Waals surface area (Å²) in [5, 5.41) is 0.474. The van der Waals surface area contributed by atoms with Crippen LogP contribution in [0.25, 0.3) is 0 Å². The van der Waals surface area contributed by atoms with Crippen molar-refractivity contribution in [3.05, 3.63) is 57.4 Å². The second kappa shape index (κ2) is 8.82. The number of carbonyl (C=O) groups is 2. The van der Waals surface area contributed by atoms with Gasteiger partial charge in [-0.15, -0.1) is 0 Å². The van der Waals surface area contributed by atoms with Gasteiger partial charge in [0.1, 0.15) is 0 Å². The lowest BCUT2D eigenvalue weighted by Gasteiger charge is -2.36. The van der Waals surface area contributed by atoms with E-state index in [1.807, 2.05) is 44.0 Å². The maximum Gasteiger partial charge on any atom is 0.337 e. The molecule has 1 aromatic carbocycles. The lowest BCUT2D eigenvalue weighted by molar-refractivity contribution is -0.143. The van der Waals surface area contributed by atoms with Crippen LogP contribution in [0.5, 0.6) is 0 Å². The van der Waals surface area contributed by atoms with Crippen molar-refractivity contribution in [2.75, 3.05) is 7.05 Å². The molecule has 1 aliphatic rings. The molecule has 0 aliphatic carbocycles. The Morgan fingerprint density at radius 1 is 0.929 bits per heavy atom. The highest BCUT2D eigenvalue weighted by atomic mass is 35.5. The van der Waals surface area contributed by atoms with E-state index in [4.69, 9.17) is 21.1 Å². The first-order valence-corrected chi connectivity index (χ1v) is 9.75. The number of halogens is 1. The van der Waals surface area contributed by atoms with E-state index in [-0.39, 0.29) is 12.2 Å². The van der Waals surface area contributed by atoms with Gasteiger partial charge in [0.05, 0.1) is 29.3 Å². The minimum absolute atomic E-state index is 0.289. The van der Waals surface area contributed by atoms with Crippen molar-refractivity contribution in [2.24, 2.45) is 0 Å². The summed E-state index contributed by atoms with van der Waals surface area (Å²) in [6, 6.07) is 7.22. The Labute approximate surface area is 171 Å². The van der Waals surface area contributed by atoms with E-state index in [2.05, 4.69) is 0 Å². The molecule has 152 valence electrons.